The highest BCUT2D eigenvalue weighted by Gasteiger charge is 2.21. The van der Waals surface area contributed by atoms with Crippen molar-refractivity contribution in [3.05, 3.63) is 18.2 Å². The van der Waals surface area contributed by atoms with Crippen LogP contribution in [0.15, 0.2) is 12.4 Å². The molecule has 0 saturated carbocycles. The van der Waals surface area contributed by atoms with Crippen LogP contribution in [0.25, 0.3) is 0 Å². The van der Waals surface area contributed by atoms with Gasteiger partial charge in [0, 0.05) is 25.0 Å². The number of aryl methyl sites for hydroxylation is 1. The summed E-state index contributed by atoms with van der Waals surface area (Å²) in [5.74, 6) is 0.991. The van der Waals surface area contributed by atoms with Gasteiger partial charge in [0.05, 0.1) is 13.2 Å². The summed E-state index contributed by atoms with van der Waals surface area (Å²) >= 11 is 0. The fraction of sp³-hybridized carbons (Fsp3) is 0.727. The number of rotatable bonds is 6. The molecule has 1 heterocycles. The Balaban J connectivity index is 2.51. The molecule has 86 valence electrons. The molecule has 0 radical (unpaired) electrons. The fourth-order valence-electron chi connectivity index (χ4n) is 1.63. The highest BCUT2D eigenvalue weighted by atomic mass is 16.3. The number of aliphatic hydroxyl groups excluding tert-OH is 1. The van der Waals surface area contributed by atoms with E-state index in [1.54, 1.807) is 6.20 Å². The van der Waals surface area contributed by atoms with Crippen LogP contribution < -0.4 is 5.32 Å². The predicted molar refractivity (Wildman–Crippen MR) is 60.4 cm³/mol. The Labute approximate surface area is 91.3 Å². The van der Waals surface area contributed by atoms with Gasteiger partial charge in [-0.1, -0.05) is 13.3 Å². The van der Waals surface area contributed by atoms with Gasteiger partial charge in [0.2, 0.25) is 0 Å². The van der Waals surface area contributed by atoms with E-state index in [0.717, 1.165) is 18.7 Å². The fourth-order valence-corrected chi connectivity index (χ4v) is 1.63. The van der Waals surface area contributed by atoms with E-state index in [1.165, 1.54) is 0 Å². The molecule has 0 aliphatic rings. The molecular formula is C11H21N3O. The smallest absolute Gasteiger partial charge is 0.122 e. The average molecular weight is 211 g/mol. The topological polar surface area (TPSA) is 50.1 Å². The zero-order valence-corrected chi connectivity index (χ0v) is 9.82. The van der Waals surface area contributed by atoms with Crippen molar-refractivity contribution in [3.63, 3.8) is 0 Å². The van der Waals surface area contributed by atoms with Crippen LogP contribution in [0.3, 0.4) is 0 Å². The molecule has 2 N–H and O–H groups in total. The number of aromatic nitrogens is 2. The van der Waals surface area contributed by atoms with Crippen molar-refractivity contribution in [3.8, 4) is 0 Å². The van der Waals surface area contributed by atoms with Crippen LogP contribution in [0.1, 0.15) is 32.5 Å². The second-order valence-electron chi connectivity index (χ2n) is 4.28. The quantitative estimate of drug-likeness (QED) is 0.740. The molecule has 4 heteroatoms. The maximum Gasteiger partial charge on any atom is 0.122 e. The monoisotopic (exact) mass is 211 g/mol. The maximum atomic E-state index is 9.32. The van der Waals surface area contributed by atoms with E-state index in [0.29, 0.717) is 6.54 Å². The lowest BCUT2D eigenvalue weighted by atomic mass is 9.97. The Morgan fingerprint density at radius 1 is 1.60 bits per heavy atom. The third-order valence-corrected chi connectivity index (χ3v) is 2.74. The standard InChI is InChI=1S/C11H21N3O/c1-4-5-11(2,9-15)13-8-10-12-6-7-14(10)3/h6-7,13,15H,4-5,8-9H2,1-3H3. The van der Waals surface area contributed by atoms with E-state index in [-0.39, 0.29) is 12.1 Å². The van der Waals surface area contributed by atoms with E-state index in [9.17, 15) is 5.11 Å². The predicted octanol–water partition coefficient (Wildman–Crippen LogP) is 1.06. The number of hydrogen-bond acceptors (Lipinski definition) is 3. The Morgan fingerprint density at radius 3 is 2.80 bits per heavy atom. The van der Waals surface area contributed by atoms with Crippen LogP contribution in [-0.2, 0) is 13.6 Å². The normalized spacial score (nSPS) is 15.2. The third kappa shape index (κ3) is 3.32. The molecule has 1 aromatic heterocycles. The second-order valence-corrected chi connectivity index (χ2v) is 4.28. The van der Waals surface area contributed by atoms with Crippen molar-refractivity contribution in [2.24, 2.45) is 7.05 Å². The summed E-state index contributed by atoms with van der Waals surface area (Å²) in [5, 5.41) is 12.7. The van der Waals surface area contributed by atoms with Crippen molar-refractivity contribution in [2.75, 3.05) is 6.61 Å². The largest absolute Gasteiger partial charge is 0.394 e. The highest BCUT2D eigenvalue weighted by Crippen LogP contribution is 2.11. The van der Waals surface area contributed by atoms with Gasteiger partial charge in [0.15, 0.2) is 0 Å². The highest BCUT2D eigenvalue weighted by molar-refractivity contribution is 4.93. The van der Waals surface area contributed by atoms with Crippen LogP contribution in [-0.4, -0.2) is 26.8 Å². The van der Waals surface area contributed by atoms with Crippen LogP contribution >= 0.6 is 0 Å². The molecule has 0 aliphatic carbocycles. The summed E-state index contributed by atoms with van der Waals surface area (Å²) in [6.45, 7) is 5.02. The summed E-state index contributed by atoms with van der Waals surface area (Å²) in [4.78, 5) is 4.23. The summed E-state index contributed by atoms with van der Waals surface area (Å²) in [5.41, 5.74) is -0.194. The minimum atomic E-state index is -0.194. The molecule has 1 aromatic rings. The first-order chi connectivity index (χ1) is 7.11. The van der Waals surface area contributed by atoms with E-state index in [4.69, 9.17) is 0 Å². The lowest BCUT2D eigenvalue weighted by Gasteiger charge is -2.28. The molecule has 4 nitrogen and oxygen atoms in total. The van der Waals surface area contributed by atoms with Crippen molar-refractivity contribution in [1.29, 1.82) is 0 Å². The van der Waals surface area contributed by atoms with E-state index in [2.05, 4.69) is 17.2 Å². The van der Waals surface area contributed by atoms with Gasteiger partial charge in [-0.25, -0.2) is 4.98 Å². The zero-order chi connectivity index (χ0) is 11.3. The summed E-state index contributed by atoms with van der Waals surface area (Å²) in [6, 6.07) is 0. The van der Waals surface area contributed by atoms with Crippen molar-refractivity contribution < 1.29 is 5.11 Å². The van der Waals surface area contributed by atoms with Crippen LogP contribution in [0, 0.1) is 0 Å². The summed E-state index contributed by atoms with van der Waals surface area (Å²) in [7, 11) is 1.97. The Morgan fingerprint density at radius 2 is 2.33 bits per heavy atom. The first kappa shape index (κ1) is 12.2. The number of aliphatic hydroxyl groups is 1. The Bertz CT molecular complexity index is 298. The first-order valence-corrected chi connectivity index (χ1v) is 5.43. The van der Waals surface area contributed by atoms with Crippen LogP contribution in [0.5, 0.6) is 0 Å². The van der Waals surface area contributed by atoms with Crippen LogP contribution in [0.2, 0.25) is 0 Å². The Hall–Kier alpha value is -0.870. The molecule has 0 bridgehead atoms. The SMILES string of the molecule is CCCC(C)(CO)NCc1nccn1C. The molecule has 0 amide bonds. The zero-order valence-electron chi connectivity index (χ0n) is 9.82. The van der Waals surface area contributed by atoms with E-state index < -0.39 is 0 Å². The molecule has 0 spiro atoms. The van der Waals surface area contributed by atoms with Gasteiger partial charge < -0.3 is 15.0 Å². The van der Waals surface area contributed by atoms with Gasteiger partial charge in [0.25, 0.3) is 0 Å². The van der Waals surface area contributed by atoms with Crippen molar-refractivity contribution in [1.82, 2.24) is 14.9 Å². The lowest BCUT2D eigenvalue weighted by Crippen LogP contribution is -2.45. The van der Waals surface area contributed by atoms with Crippen molar-refractivity contribution >= 4 is 0 Å². The molecule has 0 fully saturated rings. The molecule has 1 atom stereocenters. The van der Waals surface area contributed by atoms with Gasteiger partial charge in [0.1, 0.15) is 5.82 Å². The molecule has 0 saturated heterocycles. The molecule has 1 rings (SSSR count). The first-order valence-electron chi connectivity index (χ1n) is 5.43. The van der Waals surface area contributed by atoms with Crippen molar-refractivity contribution in [2.45, 2.75) is 38.8 Å². The molecule has 0 aromatic carbocycles. The molecule has 1 unspecified atom stereocenters. The number of imidazole rings is 1. The average Bonchev–Trinajstić information content (AvgIpc) is 2.62. The minimum absolute atomic E-state index is 0.158. The second kappa shape index (κ2) is 5.28. The van der Waals surface area contributed by atoms with Gasteiger partial charge in [-0.3, -0.25) is 0 Å². The van der Waals surface area contributed by atoms with Gasteiger partial charge in [-0.05, 0) is 13.3 Å². The van der Waals surface area contributed by atoms with Crippen LogP contribution in [0.4, 0.5) is 0 Å². The maximum absolute atomic E-state index is 9.32. The summed E-state index contributed by atoms with van der Waals surface area (Å²) in [6.07, 6.45) is 5.73. The third-order valence-electron chi connectivity index (χ3n) is 2.74. The van der Waals surface area contributed by atoms with E-state index >= 15 is 0 Å². The Kier molecular flexibility index (Phi) is 4.29. The number of hydrogen-bond donors (Lipinski definition) is 2. The molecule has 15 heavy (non-hydrogen) atoms. The minimum Gasteiger partial charge on any atom is -0.394 e. The molecular weight excluding hydrogens is 190 g/mol. The summed E-state index contributed by atoms with van der Waals surface area (Å²) < 4.78 is 1.98. The molecule has 0 aliphatic heterocycles. The van der Waals surface area contributed by atoms with Gasteiger partial charge in [-0.15, -0.1) is 0 Å². The van der Waals surface area contributed by atoms with Gasteiger partial charge in [-0.2, -0.15) is 0 Å². The lowest BCUT2D eigenvalue weighted by molar-refractivity contribution is 0.162. The number of nitrogens with zero attached hydrogens (tertiary/aromatic N) is 2. The number of nitrogens with one attached hydrogen (secondary N) is 1. The van der Waals surface area contributed by atoms with Gasteiger partial charge >= 0.3 is 0 Å². The van der Waals surface area contributed by atoms with E-state index in [1.807, 2.05) is 24.7 Å².